The second kappa shape index (κ2) is 4.41. The third-order valence-electron chi connectivity index (χ3n) is 2.43. The Morgan fingerprint density at radius 2 is 2.53 bits per heavy atom. The molecular formula is C9H15N5O. The van der Waals surface area contributed by atoms with Crippen molar-refractivity contribution in [3.63, 3.8) is 0 Å². The van der Waals surface area contributed by atoms with Gasteiger partial charge in [-0.2, -0.15) is 4.98 Å². The fraction of sp³-hybridized carbons (Fsp3) is 0.556. The summed E-state index contributed by atoms with van der Waals surface area (Å²) < 4.78 is 5.36. The number of nitrogens with two attached hydrogens (primary N) is 1. The van der Waals surface area contributed by atoms with Crippen LogP contribution in [0.1, 0.15) is 6.92 Å². The van der Waals surface area contributed by atoms with E-state index in [0.717, 1.165) is 25.6 Å². The van der Waals surface area contributed by atoms with Gasteiger partial charge in [0.15, 0.2) is 0 Å². The zero-order valence-corrected chi connectivity index (χ0v) is 8.68. The highest BCUT2D eigenvalue weighted by atomic mass is 16.5. The van der Waals surface area contributed by atoms with Crippen molar-refractivity contribution < 1.29 is 4.74 Å². The van der Waals surface area contributed by atoms with Crippen LogP contribution in [0.4, 0.5) is 11.8 Å². The van der Waals surface area contributed by atoms with E-state index in [1.54, 1.807) is 6.20 Å². The largest absolute Gasteiger partial charge is 0.377 e. The normalized spacial score (nSPS) is 21.5. The summed E-state index contributed by atoms with van der Waals surface area (Å²) in [6.45, 7) is 4.42. The van der Waals surface area contributed by atoms with Crippen LogP contribution in [0.25, 0.3) is 0 Å². The maximum absolute atomic E-state index is 5.36. The standard InChI is InChI=1S/C9H15N5O/c1-7-6-15-5-4-14(7)8-2-3-11-9(12-8)13-10/h2-3,7H,4-6,10H2,1H3,(H,11,12,13). The van der Waals surface area contributed by atoms with Crippen LogP contribution in [0.3, 0.4) is 0 Å². The summed E-state index contributed by atoms with van der Waals surface area (Å²) in [6.07, 6.45) is 1.69. The van der Waals surface area contributed by atoms with Crippen molar-refractivity contribution in [2.24, 2.45) is 5.84 Å². The Hall–Kier alpha value is -1.40. The Morgan fingerprint density at radius 1 is 1.67 bits per heavy atom. The topological polar surface area (TPSA) is 76.3 Å². The van der Waals surface area contributed by atoms with Crippen LogP contribution >= 0.6 is 0 Å². The van der Waals surface area contributed by atoms with E-state index in [9.17, 15) is 0 Å². The maximum atomic E-state index is 5.36. The maximum Gasteiger partial charge on any atom is 0.239 e. The number of nitrogens with one attached hydrogen (secondary N) is 1. The minimum Gasteiger partial charge on any atom is -0.377 e. The lowest BCUT2D eigenvalue weighted by Crippen LogP contribution is -2.44. The van der Waals surface area contributed by atoms with Gasteiger partial charge >= 0.3 is 0 Å². The molecule has 15 heavy (non-hydrogen) atoms. The van der Waals surface area contributed by atoms with Crippen molar-refractivity contribution in [1.82, 2.24) is 9.97 Å². The van der Waals surface area contributed by atoms with E-state index in [-0.39, 0.29) is 0 Å². The zero-order chi connectivity index (χ0) is 10.7. The van der Waals surface area contributed by atoms with E-state index in [4.69, 9.17) is 10.6 Å². The smallest absolute Gasteiger partial charge is 0.239 e. The second-order valence-electron chi connectivity index (χ2n) is 3.50. The minimum absolute atomic E-state index is 0.333. The third-order valence-corrected chi connectivity index (χ3v) is 2.43. The van der Waals surface area contributed by atoms with Gasteiger partial charge < -0.3 is 9.64 Å². The third kappa shape index (κ3) is 2.16. The van der Waals surface area contributed by atoms with E-state index in [1.807, 2.05) is 6.07 Å². The Bertz CT molecular complexity index is 332. The highest BCUT2D eigenvalue weighted by molar-refractivity contribution is 5.43. The molecule has 6 heteroatoms. The van der Waals surface area contributed by atoms with Crippen LogP contribution in [-0.4, -0.2) is 35.8 Å². The first kappa shape index (κ1) is 10.1. The average Bonchev–Trinajstić information content (AvgIpc) is 2.30. The minimum atomic E-state index is 0.333. The van der Waals surface area contributed by atoms with Crippen molar-refractivity contribution in [1.29, 1.82) is 0 Å². The number of ether oxygens (including phenoxy) is 1. The number of aromatic nitrogens is 2. The molecule has 0 radical (unpaired) electrons. The Labute approximate surface area is 88.4 Å². The molecule has 0 saturated carbocycles. The molecule has 0 spiro atoms. The van der Waals surface area contributed by atoms with E-state index in [0.29, 0.717) is 12.0 Å². The Morgan fingerprint density at radius 3 is 3.27 bits per heavy atom. The van der Waals surface area contributed by atoms with Gasteiger partial charge in [-0.1, -0.05) is 0 Å². The Balaban J connectivity index is 2.19. The van der Waals surface area contributed by atoms with Gasteiger partial charge in [-0.3, -0.25) is 5.43 Å². The molecule has 1 aliphatic heterocycles. The predicted molar refractivity (Wildman–Crippen MR) is 57.5 cm³/mol. The molecule has 82 valence electrons. The van der Waals surface area contributed by atoms with E-state index >= 15 is 0 Å². The quantitative estimate of drug-likeness (QED) is 0.527. The van der Waals surface area contributed by atoms with E-state index < -0.39 is 0 Å². The molecule has 0 aliphatic carbocycles. The monoisotopic (exact) mass is 209 g/mol. The molecule has 2 rings (SSSR count). The van der Waals surface area contributed by atoms with Crippen molar-refractivity contribution in [3.05, 3.63) is 12.3 Å². The van der Waals surface area contributed by atoms with Gasteiger partial charge in [0.2, 0.25) is 5.95 Å². The number of anilines is 2. The lowest BCUT2D eigenvalue weighted by atomic mass is 10.2. The van der Waals surface area contributed by atoms with Gasteiger partial charge in [-0.05, 0) is 13.0 Å². The zero-order valence-electron chi connectivity index (χ0n) is 8.68. The highest BCUT2D eigenvalue weighted by Crippen LogP contribution is 2.17. The molecule has 0 bridgehead atoms. The number of morpholine rings is 1. The van der Waals surface area contributed by atoms with Crippen LogP contribution in [0.2, 0.25) is 0 Å². The van der Waals surface area contributed by atoms with Gasteiger partial charge in [0, 0.05) is 12.7 Å². The molecule has 1 atom stereocenters. The van der Waals surface area contributed by atoms with E-state index in [2.05, 4.69) is 27.2 Å². The number of nitrogen functional groups attached to an aromatic ring is 1. The SMILES string of the molecule is CC1COCCN1c1ccnc(NN)n1. The molecule has 1 aliphatic rings. The lowest BCUT2D eigenvalue weighted by Gasteiger charge is -2.34. The van der Waals surface area contributed by atoms with Crippen LogP contribution in [0, 0.1) is 0 Å². The van der Waals surface area contributed by atoms with Crippen LogP contribution in [-0.2, 0) is 4.74 Å². The number of hydrazine groups is 1. The number of rotatable bonds is 2. The first-order chi connectivity index (χ1) is 7.31. The van der Waals surface area contributed by atoms with Crippen molar-refractivity contribution in [2.45, 2.75) is 13.0 Å². The first-order valence-corrected chi connectivity index (χ1v) is 4.95. The van der Waals surface area contributed by atoms with Crippen LogP contribution < -0.4 is 16.2 Å². The molecule has 3 N–H and O–H groups in total. The summed E-state index contributed by atoms with van der Waals surface area (Å²) in [5, 5.41) is 0. The molecule has 0 aromatic carbocycles. The summed E-state index contributed by atoms with van der Waals surface area (Å²) in [4.78, 5) is 10.4. The van der Waals surface area contributed by atoms with Gasteiger partial charge in [0.25, 0.3) is 0 Å². The van der Waals surface area contributed by atoms with Gasteiger partial charge in [-0.15, -0.1) is 0 Å². The summed E-state index contributed by atoms with van der Waals surface area (Å²) in [5.74, 6) is 6.58. The summed E-state index contributed by atoms with van der Waals surface area (Å²) in [7, 11) is 0. The molecule has 1 aromatic rings. The molecule has 2 heterocycles. The number of hydrogen-bond donors (Lipinski definition) is 2. The van der Waals surface area contributed by atoms with Crippen molar-refractivity contribution in [3.8, 4) is 0 Å². The highest BCUT2D eigenvalue weighted by Gasteiger charge is 2.20. The molecule has 0 amide bonds. The van der Waals surface area contributed by atoms with E-state index in [1.165, 1.54) is 0 Å². The van der Waals surface area contributed by atoms with Gasteiger partial charge in [0.05, 0.1) is 19.3 Å². The fourth-order valence-corrected chi connectivity index (χ4v) is 1.65. The van der Waals surface area contributed by atoms with Gasteiger partial charge in [-0.25, -0.2) is 10.8 Å². The lowest BCUT2D eigenvalue weighted by molar-refractivity contribution is 0.0985. The molecule has 6 nitrogen and oxygen atoms in total. The van der Waals surface area contributed by atoms with Crippen molar-refractivity contribution >= 4 is 11.8 Å². The molecule has 1 saturated heterocycles. The van der Waals surface area contributed by atoms with Crippen LogP contribution in [0.5, 0.6) is 0 Å². The Kier molecular flexibility index (Phi) is 2.98. The predicted octanol–water partition coefficient (Wildman–Crippen LogP) is -0.0127. The molecule has 1 aromatic heterocycles. The number of nitrogens with zero attached hydrogens (tertiary/aromatic N) is 3. The fourth-order valence-electron chi connectivity index (χ4n) is 1.65. The van der Waals surface area contributed by atoms with Crippen molar-refractivity contribution in [2.75, 3.05) is 30.1 Å². The van der Waals surface area contributed by atoms with Gasteiger partial charge in [0.1, 0.15) is 5.82 Å². The molecule has 1 unspecified atom stereocenters. The molecule has 1 fully saturated rings. The summed E-state index contributed by atoms with van der Waals surface area (Å²) in [5.41, 5.74) is 2.44. The summed E-state index contributed by atoms with van der Waals surface area (Å²) in [6, 6.07) is 2.21. The number of hydrogen-bond acceptors (Lipinski definition) is 6. The summed E-state index contributed by atoms with van der Waals surface area (Å²) >= 11 is 0. The second-order valence-corrected chi connectivity index (χ2v) is 3.50. The molecular weight excluding hydrogens is 194 g/mol. The van der Waals surface area contributed by atoms with Crippen LogP contribution in [0.15, 0.2) is 12.3 Å². The first-order valence-electron chi connectivity index (χ1n) is 4.95. The average molecular weight is 209 g/mol.